The van der Waals surface area contributed by atoms with E-state index in [2.05, 4.69) is 34.3 Å². The Morgan fingerprint density at radius 2 is 1.81 bits per heavy atom. The normalized spacial score (nSPS) is 16.1. The highest BCUT2D eigenvalue weighted by molar-refractivity contribution is 7.92. The SMILES string of the molecule is CS(=O)(=O)Nc1cc(OC[C@@H](O)CNCC2CCCc3ccccc32)ccc1OCc1ccccc1. The van der Waals surface area contributed by atoms with Crippen LogP contribution in [-0.4, -0.2) is 45.6 Å². The number of aliphatic hydroxyl groups excluding tert-OH is 1. The molecule has 0 aliphatic heterocycles. The Morgan fingerprint density at radius 1 is 1.03 bits per heavy atom. The van der Waals surface area contributed by atoms with E-state index in [-0.39, 0.29) is 12.3 Å². The summed E-state index contributed by atoms with van der Waals surface area (Å²) in [7, 11) is -3.52. The standard InChI is InChI=1S/C28H34N2O5S/c1-36(32,33)30-27-16-25(14-15-28(27)35-19-21-8-3-2-4-9-21)34-20-24(31)18-29-17-23-12-7-11-22-10-5-6-13-26(22)23/h2-6,8-10,13-16,23-24,29-31H,7,11-12,17-20H2,1H3/t23?,24-/m0/s1. The van der Waals surface area contributed by atoms with E-state index in [0.29, 0.717) is 30.6 Å². The minimum absolute atomic E-state index is 0.0801. The molecule has 8 heteroatoms. The van der Waals surface area contributed by atoms with E-state index in [4.69, 9.17) is 9.47 Å². The van der Waals surface area contributed by atoms with Crippen molar-refractivity contribution in [2.45, 2.75) is 37.9 Å². The van der Waals surface area contributed by atoms with Crippen molar-refractivity contribution in [2.24, 2.45) is 0 Å². The first-order chi connectivity index (χ1) is 17.4. The van der Waals surface area contributed by atoms with E-state index in [1.807, 2.05) is 30.3 Å². The smallest absolute Gasteiger partial charge is 0.229 e. The van der Waals surface area contributed by atoms with Gasteiger partial charge in [0.05, 0.1) is 11.9 Å². The van der Waals surface area contributed by atoms with E-state index in [0.717, 1.165) is 31.2 Å². The van der Waals surface area contributed by atoms with Gasteiger partial charge in [-0.2, -0.15) is 0 Å². The van der Waals surface area contributed by atoms with Crippen LogP contribution in [0.25, 0.3) is 0 Å². The van der Waals surface area contributed by atoms with Gasteiger partial charge in [0.1, 0.15) is 30.8 Å². The fraction of sp³-hybridized carbons (Fsp3) is 0.357. The van der Waals surface area contributed by atoms with Gasteiger partial charge in [0.25, 0.3) is 0 Å². The molecule has 4 rings (SSSR count). The lowest BCUT2D eigenvalue weighted by Gasteiger charge is -2.26. The fourth-order valence-electron chi connectivity index (χ4n) is 4.48. The van der Waals surface area contributed by atoms with Crippen LogP contribution in [0, 0.1) is 0 Å². The Bertz CT molecular complexity index is 1230. The van der Waals surface area contributed by atoms with Crippen molar-refractivity contribution in [3.8, 4) is 11.5 Å². The quantitative estimate of drug-likeness (QED) is 0.340. The fourth-order valence-corrected chi connectivity index (χ4v) is 5.04. The van der Waals surface area contributed by atoms with Gasteiger partial charge in [-0.05, 0) is 54.0 Å². The largest absolute Gasteiger partial charge is 0.491 e. The topological polar surface area (TPSA) is 96.9 Å². The van der Waals surface area contributed by atoms with Crippen LogP contribution in [0.4, 0.5) is 5.69 Å². The molecule has 2 atom stereocenters. The molecule has 3 aromatic rings. The summed E-state index contributed by atoms with van der Waals surface area (Å²) in [4.78, 5) is 0. The van der Waals surface area contributed by atoms with Gasteiger partial charge in [-0.15, -0.1) is 0 Å². The van der Waals surface area contributed by atoms with E-state index < -0.39 is 16.1 Å². The molecule has 0 amide bonds. The molecule has 1 aliphatic carbocycles. The molecule has 0 saturated carbocycles. The monoisotopic (exact) mass is 510 g/mol. The number of hydrogen-bond acceptors (Lipinski definition) is 6. The number of aliphatic hydroxyl groups is 1. The summed E-state index contributed by atoms with van der Waals surface area (Å²) in [5.74, 6) is 1.29. The average molecular weight is 511 g/mol. The van der Waals surface area contributed by atoms with Crippen molar-refractivity contribution in [3.63, 3.8) is 0 Å². The minimum Gasteiger partial charge on any atom is -0.491 e. The van der Waals surface area contributed by atoms with Crippen LogP contribution in [-0.2, 0) is 23.1 Å². The van der Waals surface area contributed by atoms with Crippen LogP contribution in [0.2, 0.25) is 0 Å². The van der Waals surface area contributed by atoms with Gasteiger partial charge in [0.2, 0.25) is 10.0 Å². The van der Waals surface area contributed by atoms with Crippen molar-refractivity contribution >= 4 is 15.7 Å². The maximum atomic E-state index is 11.9. The van der Waals surface area contributed by atoms with E-state index in [1.54, 1.807) is 18.2 Å². The van der Waals surface area contributed by atoms with Crippen LogP contribution in [0.1, 0.15) is 35.4 Å². The molecular weight excluding hydrogens is 476 g/mol. The van der Waals surface area contributed by atoms with Gasteiger partial charge in [0.15, 0.2) is 0 Å². The second-order valence-electron chi connectivity index (χ2n) is 9.22. The third-order valence-corrected chi connectivity index (χ3v) is 6.78. The molecule has 36 heavy (non-hydrogen) atoms. The van der Waals surface area contributed by atoms with Gasteiger partial charge in [-0.25, -0.2) is 8.42 Å². The maximum absolute atomic E-state index is 11.9. The third kappa shape index (κ3) is 7.71. The van der Waals surface area contributed by atoms with Crippen LogP contribution in [0.5, 0.6) is 11.5 Å². The molecule has 0 radical (unpaired) electrons. The van der Waals surface area contributed by atoms with Crippen molar-refractivity contribution in [1.29, 1.82) is 0 Å². The number of benzene rings is 3. The van der Waals surface area contributed by atoms with Gasteiger partial charge < -0.3 is 19.9 Å². The molecule has 0 bridgehead atoms. The predicted octanol–water partition coefficient (Wildman–Crippen LogP) is 4.09. The zero-order valence-electron chi connectivity index (χ0n) is 20.5. The Balaban J connectivity index is 1.30. The molecule has 1 aliphatic rings. The first-order valence-corrected chi connectivity index (χ1v) is 14.1. The maximum Gasteiger partial charge on any atom is 0.229 e. The Hall–Kier alpha value is -3.07. The highest BCUT2D eigenvalue weighted by Gasteiger charge is 2.19. The first kappa shape index (κ1) is 26.0. The number of sulfonamides is 1. The summed E-state index contributed by atoms with van der Waals surface area (Å²) in [6.45, 7) is 1.60. The van der Waals surface area contributed by atoms with Crippen LogP contribution >= 0.6 is 0 Å². The van der Waals surface area contributed by atoms with E-state index in [1.165, 1.54) is 17.5 Å². The van der Waals surface area contributed by atoms with Gasteiger partial charge in [0, 0.05) is 19.2 Å². The number of aryl methyl sites for hydroxylation is 1. The average Bonchev–Trinajstić information content (AvgIpc) is 2.87. The lowest BCUT2D eigenvalue weighted by molar-refractivity contribution is 0.106. The summed E-state index contributed by atoms with van der Waals surface area (Å²) in [5.41, 5.74) is 4.08. The predicted molar refractivity (Wildman–Crippen MR) is 142 cm³/mol. The number of fused-ring (bicyclic) bond motifs is 1. The van der Waals surface area contributed by atoms with Crippen LogP contribution in [0.15, 0.2) is 72.8 Å². The van der Waals surface area contributed by atoms with Crippen LogP contribution in [0.3, 0.4) is 0 Å². The molecular formula is C28H34N2O5S. The van der Waals surface area contributed by atoms with Gasteiger partial charge in [-0.3, -0.25) is 4.72 Å². The number of anilines is 1. The molecule has 0 fully saturated rings. The van der Waals surface area contributed by atoms with E-state index in [9.17, 15) is 13.5 Å². The molecule has 0 aromatic heterocycles. The highest BCUT2D eigenvalue weighted by atomic mass is 32.2. The van der Waals surface area contributed by atoms with Gasteiger partial charge >= 0.3 is 0 Å². The van der Waals surface area contributed by atoms with Crippen molar-refractivity contribution in [3.05, 3.63) is 89.5 Å². The Labute approximate surface area is 213 Å². The Morgan fingerprint density at radius 3 is 2.61 bits per heavy atom. The molecule has 0 spiro atoms. The second-order valence-corrected chi connectivity index (χ2v) is 11.0. The minimum atomic E-state index is -3.52. The molecule has 0 heterocycles. The molecule has 192 valence electrons. The van der Waals surface area contributed by atoms with Gasteiger partial charge in [-0.1, -0.05) is 54.6 Å². The zero-order valence-corrected chi connectivity index (χ0v) is 21.3. The number of hydrogen-bond donors (Lipinski definition) is 3. The van der Waals surface area contributed by atoms with E-state index >= 15 is 0 Å². The third-order valence-electron chi connectivity index (χ3n) is 6.19. The summed E-state index contributed by atoms with van der Waals surface area (Å²) >= 11 is 0. The lowest BCUT2D eigenvalue weighted by atomic mass is 9.83. The summed E-state index contributed by atoms with van der Waals surface area (Å²) in [6, 6.07) is 23.1. The highest BCUT2D eigenvalue weighted by Crippen LogP contribution is 2.32. The molecule has 3 N–H and O–H groups in total. The summed E-state index contributed by atoms with van der Waals surface area (Å²) in [5, 5.41) is 13.8. The van der Waals surface area contributed by atoms with Crippen molar-refractivity contribution in [2.75, 3.05) is 30.7 Å². The summed E-state index contributed by atoms with van der Waals surface area (Å²) in [6.07, 6.45) is 3.84. The number of ether oxygens (including phenoxy) is 2. The molecule has 3 aromatic carbocycles. The first-order valence-electron chi connectivity index (χ1n) is 12.3. The number of nitrogens with one attached hydrogen (secondary N) is 2. The molecule has 1 unspecified atom stereocenters. The van der Waals surface area contributed by atoms with Crippen LogP contribution < -0.4 is 19.5 Å². The lowest BCUT2D eigenvalue weighted by Crippen LogP contribution is -2.34. The zero-order chi connectivity index (χ0) is 25.4. The second kappa shape index (κ2) is 12.3. The molecule has 7 nitrogen and oxygen atoms in total. The molecule has 0 saturated heterocycles. The summed E-state index contributed by atoms with van der Waals surface area (Å²) < 4.78 is 37.8. The Kier molecular flexibility index (Phi) is 8.85. The van der Waals surface area contributed by atoms with Crippen molar-refractivity contribution in [1.82, 2.24) is 5.32 Å². The number of rotatable bonds is 12. The van der Waals surface area contributed by atoms with Crippen molar-refractivity contribution < 1.29 is 23.0 Å².